The predicted octanol–water partition coefficient (Wildman–Crippen LogP) is 3.71. The van der Waals surface area contributed by atoms with Gasteiger partial charge in [-0.25, -0.2) is 0 Å². The molecule has 118 valence electrons. The maximum Gasteiger partial charge on any atom is 0.142 e. The molecule has 3 rings (SSSR count). The third kappa shape index (κ3) is 3.69. The second-order valence-electron chi connectivity index (χ2n) is 5.72. The molecule has 0 radical (unpaired) electrons. The van der Waals surface area contributed by atoms with E-state index in [0.717, 1.165) is 38.2 Å². The predicted molar refractivity (Wildman–Crippen MR) is 94.7 cm³/mol. The SMILES string of the molecule is Cc1cc(/C=C/C=O)ccc1-c1ccc(N2CCOCC2)cc1. The van der Waals surface area contributed by atoms with E-state index in [2.05, 4.69) is 48.2 Å². The van der Waals surface area contributed by atoms with Crippen LogP contribution in [0.15, 0.2) is 48.5 Å². The summed E-state index contributed by atoms with van der Waals surface area (Å²) in [6.07, 6.45) is 4.14. The summed E-state index contributed by atoms with van der Waals surface area (Å²) in [6, 6.07) is 15.0. The van der Waals surface area contributed by atoms with Crippen LogP contribution in [0, 0.1) is 6.92 Å². The molecule has 3 nitrogen and oxygen atoms in total. The quantitative estimate of drug-likeness (QED) is 0.637. The van der Waals surface area contributed by atoms with E-state index in [4.69, 9.17) is 4.74 Å². The number of benzene rings is 2. The zero-order valence-corrected chi connectivity index (χ0v) is 13.4. The average molecular weight is 307 g/mol. The molecular formula is C20H21NO2. The number of aldehydes is 1. The molecule has 2 aromatic carbocycles. The molecule has 1 saturated heterocycles. The highest BCUT2D eigenvalue weighted by Gasteiger charge is 2.11. The molecule has 0 atom stereocenters. The van der Waals surface area contributed by atoms with Crippen LogP contribution in [0.4, 0.5) is 5.69 Å². The summed E-state index contributed by atoms with van der Waals surface area (Å²) < 4.78 is 5.40. The first-order valence-corrected chi connectivity index (χ1v) is 7.93. The van der Waals surface area contributed by atoms with E-state index in [1.165, 1.54) is 28.5 Å². The smallest absolute Gasteiger partial charge is 0.142 e. The largest absolute Gasteiger partial charge is 0.378 e. The lowest BCUT2D eigenvalue weighted by Gasteiger charge is -2.29. The average Bonchev–Trinajstić information content (AvgIpc) is 2.61. The lowest BCUT2D eigenvalue weighted by molar-refractivity contribution is -0.104. The first kappa shape index (κ1) is 15.5. The Morgan fingerprint density at radius 2 is 1.78 bits per heavy atom. The van der Waals surface area contributed by atoms with Gasteiger partial charge in [-0.1, -0.05) is 36.4 Å². The van der Waals surface area contributed by atoms with E-state index >= 15 is 0 Å². The van der Waals surface area contributed by atoms with Gasteiger partial charge in [-0.2, -0.15) is 0 Å². The van der Waals surface area contributed by atoms with Crippen molar-refractivity contribution in [1.29, 1.82) is 0 Å². The fourth-order valence-corrected chi connectivity index (χ4v) is 2.94. The Labute approximate surface area is 137 Å². The Kier molecular flexibility index (Phi) is 4.89. The van der Waals surface area contributed by atoms with Crippen molar-refractivity contribution in [3.63, 3.8) is 0 Å². The van der Waals surface area contributed by atoms with E-state index in [1.807, 2.05) is 12.1 Å². The molecule has 1 fully saturated rings. The van der Waals surface area contributed by atoms with Crippen molar-refractivity contribution in [3.05, 3.63) is 59.7 Å². The van der Waals surface area contributed by atoms with Crippen molar-refractivity contribution in [2.24, 2.45) is 0 Å². The summed E-state index contributed by atoms with van der Waals surface area (Å²) >= 11 is 0. The third-order valence-corrected chi connectivity index (χ3v) is 4.17. The van der Waals surface area contributed by atoms with Gasteiger partial charge in [-0.3, -0.25) is 4.79 Å². The zero-order valence-electron chi connectivity index (χ0n) is 13.4. The molecule has 0 spiro atoms. The normalized spacial score (nSPS) is 15.1. The molecule has 0 bridgehead atoms. The minimum atomic E-state index is 0.799. The zero-order chi connectivity index (χ0) is 16.1. The summed E-state index contributed by atoms with van der Waals surface area (Å²) in [5.41, 5.74) is 5.94. The molecule has 3 heteroatoms. The molecule has 0 amide bonds. The van der Waals surface area contributed by atoms with Crippen LogP contribution in [0.5, 0.6) is 0 Å². The van der Waals surface area contributed by atoms with Crippen LogP contribution in [0.25, 0.3) is 17.2 Å². The van der Waals surface area contributed by atoms with Gasteiger partial charge in [0.2, 0.25) is 0 Å². The monoisotopic (exact) mass is 307 g/mol. The van der Waals surface area contributed by atoms with Gasteiger partial charge in [0.05, 0.1) is 13.2 Å². The number of hydrogen-bond acceptors (Lipinski definition) is 3. The van der Waals surface area contributed by atoms with Gasteiger partial charge < -0.3 is 9.64 Å². The second-order valence-corrected chi connectivity index (χ2v) is 5.72. The van der Waals surface area contributed by atoms with Crippen molar-refractivity contribution in [1.82, 2.24) is 0 Å². The highest BCUT2D eigenvalue weighted by Crippen LogP contribution is 2.27. The van der Waals surface area contributed by atoms with Gasteiger partial charge in [0.15, 0.2) is 0 Å². The summed E-state index contributed by atoms with van der Waals surface area (Å²) in [4.78, 5) is 12.8. The lowest BCUT2D eigenvalue weighted by Crippen LogP contribution is -2.36. The van der Waals surface area contributed by atoms with E-state index < -0.39 is 0 Å². The minimum absolute atomic E-state index is 0.799. The van der Waals surface area contributed by atoms with Crippen LogP contribution in [0.1, 0.15) is 11.1 Å². The van der Waals surface area contributed by atoms with Gasteiger partial charge in [0, 0.05) is 18.8 Å². The number of anilines is 1. The van der Waals surface area contributed by atoms with E-state index in [-0.39, 0.29) is 0 Å². The van der Waals surface area contributed by atoms with E-state index in [1.54, 1.807) is 0 Å². The summed E-state index contributed by atoms with van der Waals surface area (Å²) in [5.74, 6) is 0. The Morgan fingerprint density at radius 1 is 1.04 bits per heavy atom. The fourth-order valence-electron chi connectivity index (χ4n) is 2.94. The topological polar surface area (TPSA) is 29.5 Å². The molecule has 23 heavy (non-hydrogen) atoms. The van der Waals surface area contributed by atoms with E-state index in [0.29, 0.717) is 0 Å². The van der Waals surface area contributed by atoms with Gasteiger partial charge in [-0.15, -0.1) is 0 Å². The van der Waals surface area contributed by atoms with Crippen LogP contribution in [-0.4, -0.2) is 32.6 Å². The Morgan fingerprint density at radius 3 is 2.43 bits per heavy atom. The van der Waals surface area contributed by atoms with Crippen molar-refractivity contribution in [3.8, 4) is 11.1 Å². The van der Waals surface area contributed by atoms with Crippen molar-refractivity contribution in [2.75, 3.05) is 31.2 Å². The fraction of sp³-hybridized carbons (Fsp3) is 0.250. The van der Waals surface area contributed by atoms with Gasteiger partial charge in [0.25, 0.3) is 0 Å². The van der Waals surface area contributed by atoms with Crippen molar-refractivity contribution < 1.29 is 9.53 Å². The maximum atomic E-state index is 10.4. The molecule has 0 unspecified atom stereocenters. The molecule has 1 heterocycles. The Bertz CT molecular complexity index is 698. The number of carbonyl (C=O) groups excluding carboxylic acids is 1. The van der Waals surface area contributed by atoms with Gasteiger partial charge >= 0.3 is 0 Å². The molecular weight excluding hydrogens is 286 g/mol. The van der Waals surface area contributed by atoms with Crippen LogP contribution < -0.4 is 4.90 Å². The molecule has 0 N–H and O–H groups in total. The molecule has 0 aromatic heterocycles. The summed E-state index contributed by atoms with van der Waals surface area (Å²) in [5, 5.41) is 0. The number of hydrogen-bond donors (Lipinski definition) is 0. The Hall–Kier alpha value is -2.39. The first-order chi connectivity index (χ1) is 11.3. The number of ether oxygens (including phenoxy) is 1. The maximum absolute atomic E-state index is 10.4. The van der Waals surface area contributed by atoms with Crippen LogP contribution in [0.2, 0.25) is 0 Å². The third-order valence-electron chi connectivity index (χ3n) is 4.17. The molecule has 1 aliphatic rings. The number of aryl methyl sites for hydroxylation is 1. The Balaban J connectivity index is 1.81. The highest BCUT2D eigenvalue weighted by atomic mass is 16.5. The van der Waals surface area contributed by atoms with Crippen LogP contribution in [-0.2, 0) is 9.53 Å². The number of allylic oxidation sites excluding steroid dienone is 1. The summed E-state index contributed by atoms with van der Waals surface area (Å²) in [6.45, 7) is 5.61. The molecule has 2 aromatic rings. The van der Waals surface area contributed by atoms with Gasteiger partial charge in [0.1, 0.15) is 6.29 Å². The molecule has 0 aliphatic carbocycles. The first-order valence-electron chi connectivity index (χ1n) is 7.93. The molecule has 0 saturated carbocycles. The van der Waals surface area contributed by atoms with Crippen molar-refractivity contribution in [2.45, 2.75) is 6.92 Å². The molecule has 1 aliphatic heterocycles. The number of carbonyl (C=O) groups is 1. The number of morpholine rings is 1. The highest BCUT2D eigenvalue weighted by molar-refractivity contribution is 5.76. The minimum Gasteiger partial charge on any atom is -0.378 e. The van der Waals surface area contributed by atoms with Crippen LogP contribution in [0.3, 0.4) is 0 Å². The summed E-state index contributed by atoms with van der Waals surface area (Å²) in [7, 11) is 0. The lowest BCUT2D eigenvalue weighted by atomic mass is 9.98. The van der Waals surface area contributed by atoms with Crippen molar-refractivity contribution >= 4 is 18.0 Å². The second kappa shape index (κ2) is 7.25. The van der Waals surface area contributed by atoms with E-state index in [9.17, 15) is 4.79 Å². The number of rotatable bonds is 4. The number of nitrogens with zero attached hydrogens (tertiary/aromatic N) is 1. The standard InChI is InChI=1S/C20H21NO2/c1-16-15-17(3-2-12-22)4-9-20(16)18-5-7-19(8-6-18)21-10-13-23-14-11-21/h2-9,12,15H,10-11,13-14H2,1H3/b3-2+. The van der Waals surface area contributed by atoms with Crippen LogP contribution >= 0.6 is 0 Å². The van der Waals surface area contributed by atoms with Gasteiger partial charge in [-0.05, 0) is 47.4 Å².